The monoisotopic (exact) mass is 558 g/mol. The fraction of sp³-hybridized carbons (Fsp3) is 0.238. The second-order valence-electron chi connectivity index (χ2n) is 8.09. The number of β-lactam (4-membered cyclic amide) rings is 1. The Hall–Kier alpha value is -4.51. The lowest BCUT2D eigenvalue weighted by molar-refractivity contribution is -0.515. The molecule has 0 unspecified atom stereocenters. The van der Waals surface area contributed by atoms with E-state index in [0.29, 0.717) is 11.2 Å². The van der Waals surface area contributed by atoms with Crippen LogP contribution in [-0.2, 0) is 25.8 Å². The fourth-order valence-electron chi connectivity index (χ4n) is 4.21. The van der Waals surface area contributed by atoms with Gasteiger partial charge in [0, 0.05) is 22.8 Å². The van der Waals surface area contributed by atoms with E-state index in [1.165, 1.54) is 33.3 Å². The van der Waals surface area contributed by atoms with Gasteiger partial charge in [-0.2, -0.15) is 4.40 Å². The Morgan fingerprint density at radius 2 is 2.16 bits per heavy atom. The highest BCUT2D eigenvalue weighted by molar-refractivity contribution is 8.00. The van der Waals surface area contributed by atoms with Gasteiger partial charge < -0.3 is 26.7 Å². The van der Waals surface area contributed by atoms with Gasteiger partial charge in [-0.25, -0.2) is 9.78 Å². The van der Waals surface area contributed by atoms with Crippen LogP contribution in [0.25, 0.3) is 5.65 Å². The van der Waals surface area contributed by atoms with Gasteiger partial charge >= 0.3 is 17.7 Å². The lowest BCUT2D eigenvalue weighted by Crippen LogP contribution is -2.71. The van der Waals surface area contributed by atoms with Crippen molar-refractivity contribution < 1.29 is 33.5 Å². The summed E-state index contributed by atoms with van der Waals surface area (Å²) in [7, 11) is 1.26. The van der Waals surface area contributed by atoms with Gasteiger partial charge in [0.25, 0.3) is 17.5 Å². The number of aliphatic carboxylic acids is 1. The second kappa shape index (κ2) is 9.75. The molecule has 17 heteroatoms. The van der Waals surface area contributed by atoms with Crippen molar-refractivity contribution in [2.45, 2.75) is 18.0 Å². The number of anilines is 1. The van der Waals surface area contributed by atoms with E-state index in [1.54, 1.807) is 24.4 Å². The van der Waals surface area contributed by atoms with Crippen LogP contribution in [0, 0.1) is 0 Å². The van der Waals surface area contributed by atoms with Gasteiger partial charge in [0.2, 0.25) is 0 Å². The molecule has 0 saturated carbocycles. The van der Waals surface area contributed by atoms with Crippen molar-refractivity contribution in [1.29, 1.82) is 0 Å². The van der Waals surface area contributed by atoms with Crippen LogP contribution in [0.5, 0.6) is 0 Å². The number of carboxylic acid groups (broad SMARTS) is 1. The molecular weight excluding hydrogens is 538 g/mol. The minimum atomic E-state index is -1.30. The number of carbonyl (C=O) groups excluding carboxylic acids is 3. The van der Waals surface area contributed by atoms with Gasteiger partial charge in [0.1, 0.15) is 36.5 Å². The molecule has 38 heavy (non-hydrogen) atoms. The lowest BCUT2D eigenvalue weighted by Gasteiger charge is -2.49. The number of nitrogen functional groups attached to an aromatic ring is 1. The highest BCUT2D eigenvalue weighted by atomic mass is 32.2. The van der Waals surface area contributed by atoms with Gasteiger partial charge in [-0.1, -0.05) is 11.2 Å². The molecule has 1 saturated heterocycles. The number of nitrogens with zero attached hydrogens (tertiary/aromatic N) is 6. The summed E-state index contributed by atoms with van der Waals surface area (Å²) in [6, 6.07) is 4.15. The third kappa shape index (κ3) is 4.20. The molecule has 0 spiro atoms. The van der Waals surface area contributed by atoms with E-state index in [4.69, 9.17) is 16.3 Å². The SMILES string of the molecule is CO/N=C(\C(=O)N[C@@H]1C(=O)N2C(C(=O)O)=C(Cn3nc(C(N)=O)[n+]4ccccc34)CS[C@H]12)c1csc(N)n1. The largest absolute Gasteiger partial charge is 0.477 e. The molecule has 0 aliphatic carbocycles. The summed E-state index contributed by atoms with van der Waals surface area (Å²) in [4.78, 5) is 60.0. The van der Waals surface area contributed by atoms with Gasteiger partial charge in [0.15, 0.2) is 10.8 Å². The standard InChI is InChI=1S/C21H19N9O6S2/c1-36-27-12(10-8-38-21(23)24-10)17(32)25-13-18(33)30-14(20(34)35)9(7-37-19(13)30)6-29-11-4-2-3-5-28(11)16(26-29)15(22)31/h2-5,8,13,19H,6-7H2,1H3,(H5-,22,23,24,25,31,32,34,35)/p+1/b27-12-/t13-,19-/m1/s1. The van der Waals surface area contributed by atoms with Crippen molar-refractivity contribution in [1.82, 2.24) is 25.0 Å². The highest BCUT2D eigenvalue weighted by Crippen LogP contribution is 2.40. The first-order valence-corrected chi connectivity index (χ1v) is 12.8. The number of carboxylic acids is 1. The number of fused-ring (bicyclic) bond motifs is 2. The van der Waals surface area contributed by atoms with Crippen molar-refractivity contribution in [3.63, 3.8) is 0 Å². The molecule has 5 rings (SSSR count). The van der Waals surface area contributed by atoms with Crippen molar-refractivity contribution in [3.8, 4) is 0 Å². The predicted octanol–water partition coefficient (Wildman–Crippen LogP) is -1.45. The second-order valence-corrected chi connectivity index (χ2v) is 10.1. The molecule has 3 aromatic rings. The van der Waals surface area contributed by atoms with Crippen molar-refractivity contribution in [2.75, 3.05) is 18.6 Å². The third-order valence-electron chi connectivity index (χ3n) is 5.81. The Morgan fingerprint density at radius 1 is 1.37 bits per heavy atom. The number of amides is 3. The predicted molar refractivity (Wildman–Crippen MR) is 134 cm³/mol. The Morgan fingerprint density at radius 3 is 2.82 bits per heavy atom. The molecule has 3 amide bonds. The number of primary amides is 1. The molecule has 2 atom stereocenters. The first-order valence-electron chi connectivity index (χ1n) is 10.9. The van der Waals surface area contributed by atoms with Gasteiger partial charge in [-0.15, -0.1) is 27.8 Å². The van der Waals surface area contributed by atoms with E-state index in [2.05, 4.69) is 20.6 Å². The number of carbonyl (C=O) groups is 4. The zero-order chi connectivity index (χ0) is 27.1. The number of pyridine rings is 1. The van der Waals surface area contributed by atoms with E-state index < -0.39 is 35.1 Å². The third-order valence-corrected chi connectivity index (χ3v) is 7.82. The Bertz CT molecular complexity index is 1560. The van der Waals surface area contributed by atoms with Crippen molar-refractivity contribution >= 4 is 63.3 Å². The van der Waals surface area contributed by atoms with Crippen LogP contribution in [0.4, 0.5) is 5.13 Å². The minimum Gasteiger partial charge on any atom is -0.477 e. The molecule has 5 heterocycles. The summed E-state index contributed by atoms with van der Waals surface area (Å²) < 4.78 is 2.95. The molecule has 0 aromatic carbocycles. The summed E-state index contributed by atoms with van der Waals surface area (Å²) >= 11 is 2.39. The average molecular weight is 559 g/mol. The van der Waals surface area contributed by atoms with E-state index in [0.717, 1.165) is 16.2 Å². The summed E-state index contributed by atoms with van der Waals surface area (Å²) in [5, 5.41) is 21.6. The van der Waals surface area contributed by atoms with E-state index in [1.807, 2.05) is 0 Å². The Kier molecular flexibility index (Phi) is 6.45. The molecule has 6 N–H and O–H groups in total. The zero-order valence-electron chi connectivity index (χ0n) is 19.6. The summed E-state index contributed by atoms with van der Waals surface area (Å²) in [6.45, 7) is -0.00115. The number of nitrogens with one attached hydrogen (secondary N) is 1. The summed E-state index contributed by atoms with van der Waals surface area (Å²) in [6.07, 6.45) is 1.62. The first kappa shape index (κ1) is 25.2. The van der Waals surface area contributed by atoms with Crippen LogP contribution < -0.4 is 21.2 Å². The maximum absolute atomic E-state index is 13.1. The number of hydrogen-bond donors (Lipinski definition) is 4. The maximum atomic E-state index is 13.1. The molecule has 1 fully saturated rings. The molecule has 15 nitrogen and oxygen atoms in total. The molecular formula is C21H20N9O6S2+. The Labute approximate surface area is 221 Å². The van der Waals surface area contributed by atoms with Crippen LogP contribution in [0.3, 0.4) is 0 Å². The van der Waals surface area contributed by atoms with Crippen LogP contribution >= 0.6 is 23.1 Å². The fourth-order valence-corrected chi connectivity index (χ4v) is 6.09. The highest BCUT2D eigenvalue weighted by Gasteiger charge is 2.54. The van der Waals surface area contributed by atoms with Crippen LogP contribution in [0.15, 0.2) is 46.2 Å². The number of oxime groups is 1. The number of aromatic nitrogens is 4. The molecule has 0 radical (unpaired) electrons. The number of thiazole rings is 1. The number of hydrogen-bond acceptors (Lipinski definition) is 11. The summed E-state index contributed by atoms with van der Waals surface area (Å²) in [5.74, 6) is -3.16. The lowest BCUT2D eigenvalue weighted by atomic mass is 10.0. The topological polar surface area (TPSA) is 212 Å². The Balaban J connectivity index is 1.40. The van der Waals surface area contributed by atoms with Gasteiger partial charge in [0.05, 0.1) is 11.3 Å². The normalized spacial score (nSPS) is 19.2. The maximum Gasteiger partial charge on any atom is 0.371 e. The molecule has 2 aliphatic rings. The number of nitrogens with two attached hydrogens (primary N) is 2. The quantitative estimate of drug-likeness (QED) is 0.109. The van der Waals surface area contributed by atoms with Gasteiger partial charge in [-0.3, -0.25) is 19.3 Å². The number of rotatable bonds is 8. The molecule has 196 valence electrons. The molecule has 0 bridgehead atoms. The van der Waals surface area contributed by atoms with Crippen molar-refractivity contribution in [3.05, 3.63) is 52.6 Å². The van der Waals surface area contributed by atoms with Crippen LogP contribution in [0.2, 0.25) is 0 Å². The average Bonchev–Trinajstić information content (AvgIpc) is 3.49. The van der Waals surface area contributed by atoms with E-state index in [-0.39, 0.29) is 40.4 Å². The van der Waals surface area contributed by atoms with E-state index in [9.17, 15) is 24.3 Å². The zero-order valence-corrected chi connectivity index (χ0v) is 21.2. The smallest absolute Gasteiger partial charge is 0.371 e. The van der Waals surface area contributed by atoms with Crippen LogP contribution in [-0.4, -0.2) is 78.5 Å². The number of thioether (sulfide) groups is 1. The molecule has 3 aromatic heterocycles. The molecule has 2 aliphatic heterocycles. The van der Waals surface area contributed by atoms with E-state index >= 15 is 0 Å². The minimum absolute atomic E-state index is 0.00115. The van der Waals surface area contributed by atoms with Gasteiger partial charge in [-0.05, 0) is 6.07 Å². The van der Waals surface area contributed by atoms with Crippen molar-refractivity contribution in [2.24, 2.45) is 10.9 Å². The van der Waals surface area contributed by atoms with Crippen LogP contribution in [0.1, 0.15) is 16.3 Å². The first-order chi connectivity index (χ1) is 18.2. The summed E-state index contributed by atoms with van der Waals surface area (Å²) in [5.41, 5.74) is 11.8.